The Kier molecular flexibility index (Phi) is 12.4. The summed E-state index contributed by atoms with van der Waals surface area (Å²) in [5, 5.41) is 9.42. The van der Waals surface area contributed by atoms with Gasteiger partial charge in [0.15, 0.2) is 6.10 Å². The zero-order valence-electron chi connectivity index (χ0n) is 13.4. The Balaban J connectivity index is -0.000000612. The Morgan fingerprint density at radius 2 is 1.00 bits per heavy atom. The van der Waals surface area contributed by atoms with E-state index in [1.807, 2.05) is 0 Å². The molecule has 0 bridgehead atoms. The summed E-state index contributed by atoms with van der Waals surface area (Å²) in [6.07, 6.45) is -34.4. The minimum Gasteiger partial charge on any atom is -0.846 e. The van der Waals surface area contributed by atoms with Crippen molar-refractivity contribution in [2.75, 3.05) is 0 Å². The molecule has 0 radical (unpaired) electrons. The largest absolute Gasteiger partial charge is 1.00 e. The number of alkyl halides is 12. The van der Waals surface area contributed by atoms with Crippen molar-refractivity contribution in [3.8, 4) is 0 Å². The molecule has 0 aliphatic rings. The van der Waals surface area contributed by atoms with Crippen molar-refractivity contribution in [3.05, 3.63) is 0 Å². The van der Waals surface area contributed by atoms with E-state index in [4.69, 9.17) is 0 Å². The molecular weight excluding hydrogens is 435 g/mol. The topological polar surface area (TPSA) is 58.6 Å². The number of rotatable bonds is 2. The van der Waals surface area contributed by atoms with E-state index >= 15 is 0 Å². The van der Waals surface area contributed by atoms with Gasteiger partial charge in [-0.2, -0.15) is 52.7 Å². The summed E-state index contributed by atoms with van der Waals surface area (Å²) in [4.78, 5) is 10.5. The zero-order chi connectivity index (χ0) is 21.7. The molecule has 0 amide bonds. The van der Waals surface area contributed by atoms with Crippen molar-refractivity contribution >= 4 is 6.16 Å². The molecule has 0 aliphatic heterocycles. The van der Waals surface area contributed by atoms with Crippen molar-refractivity contribution in [2.24, 2.45) is 0 Å². The molecule has 0 aromatic heterocycles. The van der Waals surface area contributed by atoms with Crippen molar-refractivity contribution < 1.29 is 102 Å². The van der Waals surface area contributed by atoms with E-state index in [2.05, 4.69) is 9.47 Å². The molecule has 0 saturated heterocycles. The average molecular weight is 444 g/mol. The molecule has 0 rings (SSSR count). The summed E-state index contributed by atoms with van der Waals surface area (Å²) in [6, 6.07) is 0. The quantitative estimate of drug-likeness (QED) is 0.361. The molecule has 2 atom stereocenters. The number of halogens is 12. The van der Waals surface area contributed by atoms with Gasteiger partial charge in [-0.15, -0.1) is 0 Å². The molecule has 27 heavy (non-hydrogen) atoms. The first kappa shape index (κ1) is 31.1. The van der Waals surface area contributed by atoms with Crippen LogP contribution in [0.2, 0.25) is 0 Å². The average Bonchev–Trinajstić information content (AvgIpc) is 2.31. The fraction of sp³-hybridized carbons (Fsp3) is 0.900. The van der Waals surface area contributed by atoms with Crippen LogP contribution in [0.3, 0.4) is 0 Å². The second-order valence-corrected chi connectivity index (χ2v) is 4.32. The molecule has 4 nitrogen and oxygen atoms in total. The van der Waals surface area contributed by atoms with Crippen LogP contribution in [-0.4, -0.2) is 49.2 Å². The molecule has 0 spiro atoms. The normalized spacial score (nSPS) is 15.1. The van der Waals surface area contributed by atoms with E-state index in [1.165, 1.54) is 0 Å². The number of hydrogen-bond acceptors (Lipinski definition) is 4. The number of carbonyl (C=O) groups excluding carboxylic acids is 1. The Morgan fingerprint density at radius 1 is 0.704 bits per heavy atom. The van der Waals surface area contributed by atoms with Crippen LogP contribution in [0.5, 0.6) is 0 Å². The molecule has 0 aliphatic carbocycles. The minimum atomic E-state index is -6.03. The molecule has 0 aromatic carbocycles. The van der Waals surface area contributed by atoms with Crippen molar-refractivity contribution in [2.45, 2.75) is 56.9 Å². The fourth-order valence-corrected chi connectivity index (χ4v) is 0.654. The first-order valence-electron chi connectivity index (χ1n) is 5.90. The van der Waals surface area contributed by atoms with Gasteiger partial charge in [0.05, 0.1) is 0 Å². The maximum absolute atomic E-state index is 11.9. The van der Waals surface area contributed by atoms with E-state index in [-0.39, 0.29) is 36.5 Å². The van der Waals surface area contributed by atoms with Crippen LogP contribution in [0.1, 0.15) is 13.8 Å². The van der Waals surface area contributed by atoms with Gasteiger partial charge in [0, 0.05) is 0 Å². The summed E-state index contributed by atoms with van der Waals surface area (Å²) >= 11 is 0. The van der Waals surface area contributed by atoms with Crippen LogP contribution in [0.15, 0.2) is 0 Å². The maximum Gasteiger partial charge on any atom is 1.00 e. The van der Waals surface area contributed by atoms with Gasteiger partial charge in [-0.05, 0) is 13.0 Å². The molecule has 0 heterocycles. The van der Waals surface area contributed by atoms with Gasteiger partial charge < -0.3 is 14.6 Å². The first-order valence-corrected chi connectivity index (χ1v) is 5.90. The van der Waals surface area contributed by atoms with E-state index in [0.29, 0.717) is 6.92 Å². The number of carbonyl (C=O) groups is 1. The summed E-state index contributed by atoms with van der Waals surface area (Å²) < 4.78 is 145. The van der Waals surface area contributed by atoms with E-state index in [9.17, 15) is 62.6 Å². The van der Waals surface area contributed by atoms with Gasteiger partial charge in [0.2, 0.25) is 0 Å². The predicted molar refractivity (Wildman–Crippen MR) is 54.5 cm³/mol. The van der Waals surface area contributed by atoms with Gasteiger partial charge in [0.25, 0.3) is 6.10 Å². The van der Waals surface area contributed by atoms with Gasteiger partial charge >= 0.3 is 60.4 Å². The second-order valence-electron chi connectivity index (χ2n) is 4.32. The van der Waals surface area contributed by atoms with Crippen LogP contribution in [0.25, 0.3) is 0 Å². The van der Waals surface area contributed by atoms with Gasteiger partial charge in [-0.1, -0.05) is 6.92 Å². The molecule has 158 valence electrons. The third-order valence-corrected chi connectivity index (χ3v) is 2.00. The smallest absolute Gasteiger partial charge is 0.846 e. The van der Waals surface area contributed by atoms with E-state index in [0.717, 1.165) is 0 Å². The molecule has 0 fully saturated rings. The number of hydrogen-bond donors (Lipinski definition) is 0. The first-order chi connectivity index (χ1) is 11.1. The summed E-state index contributed by atoms with van der Waals surface area (Å²) in [7, 11) is 0. The molecule has 0 aromatic rings. The molecule has 17 heteroatoms. The predicted octanol–water partition coefficient (Wildman–Crippen LogP) is 0.885. The van der Waals surface area contributed by atoms with Crippen LogP contribution >= 0.6 is 0 Å². The van der Waals surface area contributed by atoms with Gasteiger partial charge in [-0.3, -0.25) is 0 Å². The van der Waals surface area contributed by atoms with Crippen LogP contribution < -0.4 is 34.7 Å². The SMILES string of the molecule is CC(OC(=O)OC(C(F)(F)F)C(F)(F)F)C(F)(F)F.CC([O-])C(F)(F)F.[Na+]. The van der Waals surface area contributed by atoms with Crippen molar-refractivity contribution in [3.63, 3.8) is 0 Å². The minimum absolute atomic E-state index is 0. The number of ether oxygens (including phenoxy) is 2. The Hall–Kier alpha value is -0.610. The third-order valence-electron chi connectivity index (χ3n) is 2.00. The van der Waals surface area contributed by atoms with E-state index in [1.54, 1.807) is 0 Å². The van der Waals surface area contributed by atoms with Crippen LogP contribution in [-0.2, 0) is 9.47 Å². The zero-order valence-corrected chi connectivity index (χ0v) is 15.4. The Labute approximate surface area is 165 Å². The van der Waals surface area contributed by atoms with Crippen molar-refractivity contribution in [1.29, 1.82) is 0 Å². The molecular formula is C10H9F12NaO4. The van der Waals surface area contributed by atoms with Gasteiger partial charge in [0.1, 0.15) is 0 Å². The maximum atomic E-state index is 11.9. The van der Waals surface area contributed by atoms with Crippen molar-refractivity contribution in [1.82, 2.24) is 0 Å². The summed E-state index contributed by atoms with van der Waals surface area (Å²) in [5.74, 6) is 0. The second kappa shape index (κ2) is 10.8. The molecule has 2 unspecified atom stereocenters. The van der Waals surface area contributed by atoms with Gasteiger partial charge in [-0.25, -0.2) is 4.79 Å². The van der Waals surface area contributed by atoms with E-state index < -0.39 is 49.2 Å². The molecule has 0 N–H and O–H groups in total. The monoisotopic (exact) mass is 444 g/mol. The Bertz CT molecular complexity index is 425. The summed E-state index contributed by atoms with van der Waals surface area (Å²) in [6.45, 7) is 0.775. The Morgan fingerprint density at radius 3 is 1.19 bits per heavy atom. The fourth-order valence-electron chi connectivity index (χ4n) is 0.654. The van der Waals surface area contributed by atoms with Crippen LogP contribution in [0, 0.1) is 0 Å². The van der Waals surface area contributed by atoms with Crippen LogP contribution in [0.4, 0.5) is 57.5 Å². The standard InChI is InChI=1S/C7H5F9O3.C3H4F3O.Na/c1-2(5(8,9)10)18-4(17)19-3(6(11,12)13)7(14,15)16;1-2(7)3(4,5)6;/h2-3H,1H3;2H,1H3;/q;-1;+1. The molecule has 0 saturated carbocycles. The summed E-state index contributed by atoms with van der Waals surface area (Å²) in [5.41, 5.74) is 0. The third kappa shape index (κ3) is 14.1.